The van der Waals surface area contributed by atoms with Crippen molar-refractivity contribution in [1.29, 1.82) is 0 Å². The molecule has 1 amide bonds. The second kappa shape index (κ2) is 4.04. The summed E-state index contributed by atoms with van der Waals surface area (Å²) in [6.07, 6.45) is 3.13. The van der Waals surface area contributed by atoms with Crippen LogP contribution in [0.3, 0.4) is 0 Å². The molecule has 1 unspecified atom stereocenters. The summed E-state index contributed by atoms with van der Waals surface area (Å²) in [5, 5.41) is 5.51. The van der Waals surface area contributed by atoms with Gasteiger partial charge in [0, 0.05) is 18.4 Å². The molecule has 6 nitrogen and oxygen atoms in total. The van der Waals surface area contributed by atoms with Gasteiger partial charge in [-0.15, -0.1) is 0 Å². The van der Waals surface area contributed by atoms with Gasteiger partial charge >= 0.3 is 0 Å². The molecule has 2 rings (SSSR count). The number of aliphatic imine (C=N–C) groups is 1. The van der Waals surface area contributed by atoms with E-state index in [1.54, 1.807) is 18.5 Å². The first kappa shape index (κ1) is 9.57. The molecule has 2 N–H and O–H groups in total. The van der Waals surface area contributed by atoms with Crippen LogP contribution in [0.15, 0.2) is 23.5 Å². The Balaban J connectivity index is 1.99. The highest BCUT2D eigenvalue weighted by Crippen LogP contribution is 1.98. The molecule has 0 aromatic carbocycles. The minimum absolute atomic E-state index is 0.211. The van der Waals surface area contributed by atoms with Crippen LogP contribution in [0.25, 0.3) is 0 Å². The van der Waals surface area contributed by atoms with Crippen molar-refractivity contribution in [3.05, 3.63) is 18.5 Å². The predicted octanol–water partition coefficient (Wildman–Crippen LogP) is -0.195. The molecule has 0 aliphatic carbocycles. The molecule has 1 aliphatic rings. The summed E-state index contributed by atoms with van der Waals surface area (Å²) in [4.78, 5) is 23.4. The first-order valence-corrected chi connectivity index (χ1v) is 4.65. The second-order valence-corrected chi connectivity index (χ2v) is 3.26. The van der Waals surface area contributed by atoms with Gasteiger partial charge in [0.1, 0.15) is 0 Å². The van der Waals surface area contributed by atoms with Crippen LogP contribution in [0.2, 0.25) is 0 Å². The topological polar surface area (TPSA) is 79.3 Å². The fourth-order valence-electron chi connectivity index (χ4n) is 1.21. The number of hydrogen-bond acceptors (Lipinski definition) is 5. The van der Waals surface area contributed by atoms with Gasteiger partial charge in [-0.2, -0.15) is 0 Å². The first-order chi connectivity index (χ1) is 7.25. The van der Waals surface area contributed by atoms with E-state index in [0.29, 0.717) is 12.4 Å². The van der Waals surface area contributed by atoms with E-state index >= 15 is 0 Å². The molecule has 1 aromatic heterocycles. The van der Waals surface area contributed by atoms with E-state index in [1.807, 2.05) is 6.92 Å². The molecule has 0 bridgehead atoms. The summed E-state index contributed by atoms with van der Waals surface area (Å²) in [5.74, 6) is 0.326. The van der Waals surface area contributed by atoms with Crippen LogP contribution < -0.4 is 10.6 Å². The fraction of sp³-hybridized carbons (Fsp3) is 0.333. The van der Waals surface area contributed by atoms with Gasteiger partial charge < -0.3 is 5.32 Å². The number of anilines is 1. The molecule has 78 valence electrons. The highest BCUT2D eigenvalue weighted by Gasteiger charge is 2.19. The number of hydrogen-bond donors (Lipinski definition) is 2. The van der Waals surface area contributed by atoms with Gasteiger partial charge in [-0.25, -0.2) is 9.97 Å². The third kappa shape index (κ3) is 2.28. The van der Waals surface area contributed by atoms with Crippen LogP contribution in [-0.2, 0) is 4.79 Å². The molecular formula is C9H11N5O. The molecule has 0 fully saturated rings. The quantitative estimate of drug-likeness (QED) is 0.701. The first-order valence-electron chi connectivity index (χ1n) is 4.65. The normalized spacial score (nSPS) is 19.3. The smallest absolute Gasteiger partial charge is 0.293 e. The molecule has 0 radical (unpaired) electrons. The van der Waals surface area contributed by atoms with Gasteiger partial charge in [-0.1, -0.05) is 0 Å². The number of carbonyl (C=O) groups excluding carboxylic acids is 1. The van der Waals surface area contributed by atoms with Crippen LogP contribution in [0.1, 0.15) is 6.92 Å². The van der Waals surface area contributed by atoms with Crippen molar-refractivity contribution in [3.8, 4) is 0 Å². The Hall–Kier alpha value is -1.98. The minimum Gasteiger partial charge on any atom is -0.361 e. The number of nitrogens with one attached hydrogen (secondary N) is 2. The zero-order valence-electron chi connectivity index (χ0n) is 8.27. The highest BCUT2D eigenvalue weighted by atomic mass is 16.2. The van der Waals surface area contributed by atoms with E-state index in [-0.39, 0.29) is 17.9 Å². The van der Waals surface area contributed by atoms with Gasteiger partial charge in [-0.3, -0.25) is 15.1 Å². The molecule has 2 heterocycles. The predicted molar refractivity (Wildman–Crippen MR) is 55.6 cm³/mol. The number of rotatable bonds is 2. The summed E-state index contributed by atoms with van der Waals surface area (Å²) in [6, 6.07) is 1.89. The van der Waals surface area contributed by atoms with Crippen molar-refractivity contribution in [2.24, 2.45) is 4.99 Å². The van der Waals surface area contributed by atoms with Crippen molar-refractivity contribution in [2.75, 3.05) is 11.9 Å². The van der Waals surface area contributed by atoms with Gasteiger partial charge in [0.25, 0.3) is 5.91 Å². The summed E-state index contributed by atoms with van der Waals surface area (Å²) < 4.78 is 0. The van der Waals surface area contributed by atoms with Crippen molar-refractivity contribution < 1.29 is 4.79 Å². The molecule has 0 spiro atoms. The van der Waals surface area contributed by atoms with Crippen LogP contribution in [-0.4, -0.2) is 34.3 Å². The molecule has 1 aliphatic heterocycles. The lowest BCUT2D eigenvalue weighted by Crippen LogP contribution is -2.36. The summed E-state index contributed by atoms with van der Waals surface area (Å²) in [7, 11) is 0. The third-order valence-electron chi connectivity index (χ3n) is 1.91. The Morgan fingerprint density at radius 2 is 2.27 bits per heavy atom. The fourth-order valence-corrected chi connectivity index (χ4v) is 1.21. The largest absolute Gasteiger partial charge is 0.361 e. The molecule has 0 saturated heterocycles. The maximum Gasteiger partial charge on any atom is 0.293 e. The van der Waals surface area contributed by atoms with Crippen molar-refractivity contribution >= 4 is 17.7 Å². The molecule has 15 heavy (non-hydrogen) atoms. The zero-order chi connectivity index (χ0) is 10.7. The van der Waals surface area contributed by atoms with E-state index < -0.39 is 0 Å². The SMILES string of the molecule is CC1CN=C(C(=O)Nc2ncccn2)N1. The van der Waals surface area contributed by atoms with E-state index in [9.17, 15) is 4.79 Å². The number of amidine groups is 1. The average Bonchev–Trinajstić information content (AvgIpc) is 2.66. The summed E-state index contributed by atoms with van der Waals surface area (Å²) >= 11 is 0. The Bertz CT molecular complexity index is 389. The molecular weight excluding hydrogens is 194 g/mol. The lowest BCUT2D eigenvalue weighted by atomic mass is 10.4. The summed E-state index contributed by atoms with van der Waals surface area (Å²) in [6.45, 7) is 2.58. The van der Waals surface area contributed by atoms with E-state index in [0.717, 1.165) is 0 Å². The number of amides is 1. The Labute approximate surface area is 86.8 Å². The molecule has 1 aromatic rings. The van der Waals surface area contributed by atoms with E-state index in [2.05, 4.69) is 25.6 Å². The Morgan fingerprint density at radius 3 is 2.87 bits per heavy atom. The van der Waals surface area contributed by atoms with Crippen LogP contribution in [0, 0.1) is 0 Å². The zero-order valence-corrected chi connectivity index (χ0v) is 8.27. The lowest BCUT2D eigenvalue weighted by molar-refractivity contribution is -0.110. The van der Waals surface area contributed by atoms with Crippen LogP contribution >= 0.6 is 0 Å². The average molecular weight is 205 g/mol. The standard InChI is InChI=1S/C9H11N5O/c1-6-5-12-7(13-6)8(15)14-9-10-3-2-4-11-9/h2-4,6H,5H2,1H3,(H,12,13)(H,10,11,14,15). The highest BCUT2D eigenvalue weighted by molar-refractivity contribution is 6.42. The maximum atomic E-state index is 11.6. The van der Waals surface area contributed by atoms with E-state index in [4.69, 9.17) is 0 Å². The van der Waals surface area contributed by atoms with Crippen molar-refractivity contribution in [2.45, 2.75) is 13.0 Å². The Morgan fingerprint density at radius 1 is 1.53 bits per heavy atom. The number of aromatic nitrogens is 2. The molecule has 0 saturated carbocycles. The molecule has 1 atom stereocenters. The number of carbonyl (C=O) groups is 1. The van der Waals surface area contributed by atoms with Gasteiger partial charge in [0.2, 0.25) is 5.95 Å². The van der Waals surface area contributed by atoms with E-state index in [1.165, 1.54) is 0 Å². The second-order valence-electron chi connectivity index (χ2n) is 3.26. The van der Waals surface area contributed by atoms with Crippen LogP contribution in [0.4, 0.5) is 5.95 Å². The number of nitrogens with zero attached hydrogens (tertiary/aromatic N) is 3. The third-order valence-corrected chi connectivity index (χ3v) is 1.91. The van der Waals surface area contributed by atoms with Crippen LogP contribution in [0.5, 0.6) is 0 Å². The van der Waals surface area contributed by atoms with Crippen molar-refractivity contribution in [3.63, 3.8) is 0 Å². The summed E-state index contributed by atoms with van der Waals surface area (Å²) in [5.41, 5.74) is 0. The minimum atomic E-state index is -0.300. The monoisotopic (exact) mass is 205 g/mol. The maximum absolute atomic E-state index is 11.6. The van der Waals surface area contributed by atoms with Gasteiger partial charge in [0.05, 0.1) is 6.54 Å². The Kier molecular flexibility index (Phi) is 2.57. The van der Waals surface area contributed by atoms with Crippen molar-refractivity contribution in [1.82, 2.24) is 15.3 Å². The lowest BCUT2D eigenvalue weighted by Gasteiger charge is -2.05. The van der Waals surface area contributed by atoms with Gasteiger partial charge in [-0.05, 0) is 13.0 Å². The van der Waals surface area contributed by atoms with Gasteiger partial charge in [0.15, 0.2) is 5.84 Å². The molecule has 6 heteroatoms.